The summed E-state index contributed by atoms with van der Waals surface area (Å²) in [7, 11) is 0. The first-order chi connectivity index (χ1) is 11.4. The summed E-state index contributed by atoms with van der Waals surface area (Å²) in [6.07, 6.45) is 5.87. The smallest absolute Gasteiger partial charge is 0.234 e. The van der Waals surface area contributed by atoms with Gasteiger partial charge in [-0.05, 0) is 26.0 Å². The van der Waals surface area contributed by atoms with E-state index in [9.17, 15) is 9.59 Å². The molecular formula is C16H18ClN5O2. The van der Waals surface area contributed by atoms with E-state index in [4.69, 9.17) is 17.3 Å². The maximum atomic E-state index is 12.4. The summed E-state index contributed by atoms with van der Waals surface area (Å²) < 4.78 is 1.53. The number of amides is 1. The van der Waals surface area contributed by atoms with Crippen LogP contribution in [0.1, 0.15) is 20.3 Å². The predicted octanol–water partition coefficient (Wildman–Crippen LogP) is 2.10. The van der Waals surface area contributed by atoms with Gasteiger partial charge in [-0.2, -0.15) is 5.10 Å². The molecule has 1 amide bonds. The van der Waals surface area contributed by atoms with Gasteiger partial charge in [0, 0.05) is 24.5 Å². The number of halogens is 1. The van der Waals surface area contributed by atoms with Crippen molar-refractivity contribution in [1.29, 1.82) is 0 Å². The van der Waals surface area contributed by atoms with Crippen LogP contribution in [-0.4, -0.2) is 33.0 Å². The first kappa shape index (κ1) is 17.7. The molecule has 0 unspecified atom stereocenters. The van der Waals surface area contributed by atoms with Crippen LogP contribution in [0.15, 0.2) is 42.5 Å². The fourth-order valence-corrected chi connectivity index (χ4v) is 2.41. The van der Waals surface area contributed by atoms with Crippen LogP contribution in [0.2, 0.25) is 5.15 Å². The zero-order chi connectivity index (χ0) is 17.7. The van der Waals surface area contributed by atoms with Gasteiger partial charge in [-0.15, -0.1) is 0 Å². The standard InChI is InChI=1S/C16H18ClN5O2/c1-3-21(15(24)8-13(23)7-11(2)18)14-10-22(20-16(14)17)12-5-4-6-19-9-12/h4-7,9-10H,3,8,18H2,1-2H3. The minimum absolute atomic E-state index is 0.173. The van der Waals surface area contributed by atoms with Crippen molar-refractivity contribution < 1.29 is 9.59 Å². The van der Waals surface area contributed by atoms with Crippen molar-refractivity contribution in [2.45, 2.75) is 20.3 Å². The molecule has 0 saturated heterocycles. The summed E-state index contributed by atoms with van der Waals surface area (Å²) in [5.74, 6) is -0.720. The third-order valence-corrected chi connectivity index (χ3v) is 3.45. The summed E-state index contributed by atoms with van der Waals surface area (Å²) in [6.45, 7) is 3.74. The highest BCUT2D eigenvalue weighted by Gasteiger charge is 2.21. The fourth-order valence-electron chi connectivity index (χ4n) is 2.18. The van der Waals surface area contributed by atoms with E-state index < -0.39 is 0 Å². The lowest BCUT2D eigenvalue weighted by Crippen LogP contribution is -2.32. The highest BCUT2D eigenvalue weighted by Crippen LogP contribution is 2.26. The Kier molecular flexibility index (Phi) is 5.70. The van der Waals surface area contributed by atoms with Crippen LogP contribution in [0, 0.1) is 0 Å². The average molecular weight is 348 g/mol. The topological polar surface area (TPSA) is 94.1 Å². The van der Waals surface area contributed by atoms with Crippen LogP contribution in [0.3, 0.4) is 0 Å². The van der Waals surface area contributed by atoms with Crippen molar-refractivity contribution in [2.75, 3.05) is 11.4 Å². The van der Waals surface area contributed by atoms with E-state index in [2.05, 4.69) is 10.1 Å². The summed E-state index contributed by atoms with van der Waals surface area (Å²) in [4.78, 5) is 29.6. The molecule has 24 heavy (non-hydrogen) atoms. The van der Waals surface area contributed by atoms with Crippen LogP contribution >= 0.6 is 11.6 Å². The molecule has 2 rings (SSSR count). The van der Waals surface area contributed by atoms with Gasteiger partial charge >= 0.3 is 0 Å². The molecule has 0 spiro atoms. The minimum Gasteiger partial charge on any atom is -0.402 e. The third-order valence-electron chi connectivity index (χ3n) is 3.18. The van der Waals surface area contributed by atoms with E-state index in [0.29, 0.717) is 23.6 Å². The van der Waals surface area contributed by atoms with Crippen LogP contribution in [0.4, 0.5) is 5.69 Å². The molecule has 8 heteroatoms. The van der Waals surface area contributed by atoms with Gasteiger partial charge in [-0.1, -0.05) is 11.6 Å². The van der Waals surface area contributed by atoms with E-state index >= 15 is 0 Å². The maximum Gasteiger partial charge on any atom is 0.234 e. The Morgan fingerprint density at radius 1 is 1.46 bits per heavy atom. The first-order valence-corrected chi connectivity index (χ1v) is 7.72. The second kappa shape index (κ2) is 7.74. The first-order valence-electron chi connectivity index (χ1n) is 7.35. The van der Waals surface area contributed by atoms with Crippen molar-refractivity contribution in [3.8, 4) is 5.69 Å². The number of allylic oxidation sites excluding steroid dienone is 2. The Bertz CT molecular complexity index is 766. The second-order valence-electron chi connectivity index (χ2n) is 5.13. The largest absolute Gasteiger partial charge is 0.402 e. The van der Waals surface area contributed by atoms with Gasteiger partial charge in [-0.3, -0.25) is 14.6 Å². The Balaban J connectivity index is 2.25. The summed E-state index contributed by atoms with van der Waals surface area (Å²) in [6, 6.07) is 3.59. The predicted molar refractivity (Wildman–Crippen MR) is 92.0 cm³/mol. The molecule has 2 aromatic rings. The lowest BCUT2D eigenvalue weighted by atomic mass is 10.2. The number of carbonyl (C=O) groups is 2. The van der Waals surface area contributed by atoms with Crippen LogP contribution in [0.25, 0.3) is 5.69 Å². The van der Waals surface area contributed by atoms with Gasteiger partial charge in [-0.25, -0.2) is 4.68 Å². The lowest BCUT2D eigenvalue weighted by molar-refractivity contribution is -0.124. The molecule has 2 N–H and O–H groups in total. The molecule has 0 aliphatic heterocycles. The summed E-state index contributed by atoms with van der Waals surface area (Å²) in [5.41, 5.74) is 6.97. The molecule has 0 fully saturated rings. The highest BCUT2D eigenvalue weighted by atomic mass is 35.5. The maximum absolute atomic E-state index is 12.4. The Hall–Kier alpha value is -2.67. The molecule has 7 nitrogen and oxygen atoms in total. The highest BCUT2D eigenvalue weighted by molar-refractivity contribution is 6.32. The normalized spacial score (nSPS) is 11.4. The second-order valence-corrected chi connectivity index (χ2v) is 5.49. The number of hydrogen-bond acceptors (Lipinski definition) is 5. The van der Waals surface area contributed by atoms with E-state index in [0.717, 1.165) is 0 Å². The van der Waals surface area contributed by atoms with Crippen molar-refractivity contribution >= 4 is 29.0 Å². The monoisotopic (exact) mass is 347 g/mol. The summed E-state index contributed by atoms with van der Waals surface area (Å²) >= 11 is 6.17. The molecule has 0 radical (unpaired) electrons. The van der Waals surface area contributed by atoms with Crippen LogP contribution in [0.5, 0.6) is 0 Å². The van der Waals surface area contributed by atoms with E-state index in [-0.39, 0.29) is 23.3 Å². The molecule has 0 aliphatic rings. The number of carbonyl (C=O) groups excluding carboxylic acids is 2. The van der Waals surface area contributed by atoms with E-state index in [1.165, 1.54) is 15.7 Å². The SMILES string of the molecule is CCN(C(=O)CC(=O)C=C(C)N)c1cn(-c2cccnc2)nc1Cl. The molecule has 2 aromatic heterocycles. The van der Waals surface area contributed by atoms with Gasteiger partial charge in [0.2, 0.25) is 5.91 Å². The van der Waals surface area contributed by atoms with Crippen molar-refractivity contribution in [3.63, 3.8) is 0 Å². The van der Waals surface area contributed by atoms with Gasteiger partial charge in [0.25, 0.3) is 0 Å². The molecule has 0 saturated carbocycles. The number of ketones is 1. The minimum atomic E-state index is -0.368. The molecular weight excluding hydrogens is 330 g/mol. The molecule has 0 bridgehead atoms. The number of nitrogens with zero attached hydrogens (tertiary/aromatic N) is 4. The number of hydrogen-bond donors (Lipinski definition) is 1. The molecule has 126 valence electrons. The fraction of sp³-hybridized carbons (Fsp3) is 0.250. The van der Waals surface area contributed by atoms with Crippen molar-refractivity contribution in [3.05, 3.63) is 47.6 Å². The molecule has 2 heterocycles. The van der Waals surface area contributed by atoms with Gasteiger partial charge in [0.1, 0.15) is 5.69 Å². The zero-order valence-electron chi connectivity index (χ0n) is 13.4. The molecule has 0 aliphatic carbocycles. The Morgan fingerprint density at radius 3 is 2.79 bits per heavy atom. The van der Waals surface area contributed by atoms with Crippen LogP contribution in [-0.2, 0) is 9.59 Å². The van der Waals surface area contributed by atoms with Gasteiger partial charge in [0.05, 0.1) is 24.5 Å². The van der Waals surface area contributed by atoms with E-state index in [1.807, 2.05) is 6.07 Å². The van der Waals surface area contributed by atoms with Crippen LogP contribution < -0.4 is 10.6 Å². The average Bonchev–Trinajstić information content (AvgIpc) is 2.90. The quantitative estimate of drug-likeness (QED) is 0.637. The number of nitrogens with two attached hydrogens (primary N) is 1. The number of rotatable bonds is 6. The summed E-state index contributed by atoms with van der Waals surface area (Å²) in [5, 5.41) is 4.36. The van der Waals surface area contributed by atoms with Crippen molar-refractivity contribution in [2.24, 2.45) is 5.73 Å². The Morgan fingerprint density at radius 2 is 2.21 bits per heavy atom. The number of pyridine rings is 1. The number of aromatic nitrogens is 3. The molecule has 0 aromatic carbocycles. The lowest BCUT2D eigenvalue weighted by Gasteiger charge is -2.18. The van der Waals surface area contributed by atoms with Gasteiger partial charge in [0.15, 0.2) is 10.9 Å². The molecule has 0 atom stereocenters. The zero-order valence-corrected chi connectivity index (χ0v) is 14.2. The number of anilines is 1. The van der Waals surface area contributed by atoms with Gasteiger partial charge < -0.3 is 10.6 Å². The van der Waals surface area contributed by atoms with Crippen molar-refractivity contribution in [1.82, 2.24) is 14.8 Å². The van der Waals surface area contributed by atoms with E-state index in [1.54, 1.807) is 38.5 Å². The third kappa shape index (κ3) is 4.20. The Labute approximate surface area is 144 Å².